The molecule has 3 aromatic heterocycles. The molecule has 6 nitrogen and oxygen atoms in total. The van der Waals surface area contributed by atoms with Crippen molar-refractivity contribution in [1.29, 1.82) is 0 Å². The summed E-state index contributed by atoms with van der Waals surface area (Å²) in [6.07, 6.45) is 3.03. The zero-order valence-corrected chi connectivity index (χ0v) is 17.8. The summed E-state index contributed by atoms with van der Waals surface area (Å²) in [7, 11) is 0. The van der Waals surface area contributed by atoms with E-state index in [1.165, 1.54) is 0 Å². The van der Waals surface area contributed by atoms with Gasteiger partial charge in [-0.25, -0.2) is 14.3 Å². The van der Waals surface area contributed by atoms with E-state index in [0.29, 0.717) is 11.6 Å². The lowest BCUT2D eigenvalue weighted by Crippen LogP contribution is -2.12. The Labute approximate surface area is 185 Å². The average Bonchev–Trinajstić information content (AvgIpc) is 3.19. The summed E-state index contributed by atoms with van der Waals surface area (Å²) in [4.78, 5) is 15.0. The lowest BCUT2D eigenvalue weighted by molar-refractivity contribution is -0.142. The molecule has 7 heteroatoms. The molecule has 0 atom stereocenters. The van der Waals surface area contributed by atoms with E-state index in [1.54, 1.807) is 6.20 Å². The zero-order chi connectivity index (χ0) is 21.8. The van der Waals surface area contributed by atoms with Crippen LogP contribution in [-0.4, -0.2) is 38.9 Å². The molecule has 3 heterocycles. The van der Waals surface area contributed by atoms with Crippen molar-refractivity contribution in [2.45, 2.75) is 19.8 Å². The van der Waals surface area contributed by atoms with Gasteiger partial charge in [0, 0.05) is 23.0 Å². The number of aromatic nitrogens is 3. The van der Waals surface area contributed by atoms with Gasteiger partial charge in [0.25, 0.3) is 0 Å². The molecule has 0 aliphatic rings. The van der Waals surface area contributed by atoms with Crippen molar-refractivity contribution in [1.82, 2.24) is 14.6 Å². The topological polar surface area (TPSA) is 76.7 Å². The van der Waals surface area contributed by atoms with Crippen LogP contribution in [0.2, 0.25) is 5.15 Å². The zero-order valence-electron chi connectivity index (χ0n) is 17.1. The van der Waals surface area contributed by atoms with Gasteiger partial charge in [0.1, 0.15) is 11.8 Å². The van der Waals surface area contributed by atoms with Gasteiger partial charge in [0.05, 0.1) is 17.8 Å². The van der Waals surface area contributed by atoms with E-state index < -0.39 is 5.97 Å². The third-order valence-electron chi connectivity index (χ3n) is 5.12. The fraction of sp³-hybridized carbons (Fsp3) is 0.208. The number of aliphatic carboxylic acids is 1. The standard InChI is InChI=1S/C24H22ClN3O3/c1-2-18-8-9-20-23(17-10-12-26-21(25)14-17)19(11-13-31-15-22(29)30)24(27-28(18)20)16-6-4-3-5-7-16/h3-10,12,14H,2,11,13,15H2,1H3,(H,29,30). The summed E-state index contributed by atoms with van der Waals surface area (Å²) in [5.74, 6) is -0.989. The highest BCUT2D eigenvalue weighted by molar-refractivity contribution is 6.29. The van der Waals surface area contributed by atoms with Crippen LogP contribution in [0, 0.1) is 0 Å². The number of pyridine rings is 1. The molecule has 1 aromatic carbocycles. The molecule has 0 aliphatic heterocycles. The van der Waals surface area contributed by atoms with Crippen molar-refractivity contribution in [3.63, 3.8) is 0 Å². The number of benzene rings is 1. The predicted octanol–water partition coefficient (Wildman–Crippen LogP) is 4.92. The molecule has 0 radical (unpaired) electrons. The number of nitrogens with zero attached hydrogens (tertiary/aromatic N) is 3. The van der Waals surface area contributed by atoms with E-state index in [2.05, 4.69) is 24.0 Å². The van der Waals surface area contributed by atoms with Crippen LogP contribution < -0.4 is 0 Å². The molecule has 158 valence electrons. The van der Waals surface area contributed by atoms with Gasteiger partial charge < -0.3 is 9.84 Å². The summed E-state index contributed by atoms with van der Waals surface area (Å²) in [5.41, 5.74) is 6.78. The Balaban J connectivity index is 1.96. The Morgan fingerprint density at radius 1 is 1.13 bits per heavy atom. The second-order valence-corrected chi connectivity index (χ2v) is 7.49. The predicted molar refractivity (Wildman–Crippen MR) is 120 cm³/mol. The van der Waals surface area contributed by atoms with Gasteiger partial charge >= 0.3 is 5.97 Å². The number of carbonyl (C=O) groups is 1. The van der Waals surface area contributed by atoms with Crippen molar-refractivity contribution >= 4 is 23.1 Å². The number of carboxylic acids is 1. The highest BCUT2D eigenvalue weighted by atomic mass is 35.5. The first-order chi connectivity index (χ1) is 15.1. The van der Waals surface area contributed by atoms with Crippen LogP contribution in [0.3, 0.4) is 0 Å². The summed E-state index contributed by atoms with van der Waals surface area (Å²) < 4.78 is 7.35. The summed E-state index contributed by atoms with van der Waals surface area (Å²) in [6, 6.07) is 17.9. The van der Waals surface area contributed by atoms with E-state index in [4.69, 9.17) is 26.5 Å². The number of hydrogen-bond acceptors (Lipinski definition) is 4. The van der Waals surface area contributed by atoms with E-state index in [1.807, 2.05) is 47.0 Å². The highest BCUT2D eigenvalue weighted by Crippen LogP contribution is 2.36. The number of ether oxygens (including phenoxy) is 1. The largest absolute Gasteiger partial charge is 0.480 e. The SMILES string of the molecule is CCc1ccc2c(-c3ccnc(Cl)c3)c(CCOCC(=O)O)c(-c3ccccc3)nn12. The highest BCUT2D eigenvalue weighted by Gasteiger charge is 2.20. The number of halogens is 1. The fourth-order valence-corrected chi connectivity index (χ4v) is 3.94. The third-order valence-corrected chi connectivity index (χ3v) is 5.33. The summed E-state index contributed by atoms with van der Waals surface area (Å²) in [5, 5.41) is 14.3. The molecule has 0 amide bonds. The average molecular weight is 436 g/mol. The molecule has 0 bridgehead atoms. The Kier molecular flexibility index (Phi) is 6.30. The smallest absolute Gasteiger partial charge is 0.329 e. The molecule has 0 spiro atoms. The Morgan fingerprint density at radius 3 is 2.65 bits per heavy atom. The maximum absolute atomic E-state index is 10.9. The maximum atomic E-state index is 10.9. The van der Waals surface area contributed by atoms with Crippen molar-refractivity contribution in [2.75, 3.05) is 13.2 Å². The molecule has 0 fully saturated rings. The molecule has 1 N–H and O–H groups in total. The van der Waals surface area contributed by atoms with Crippen molar-refractivity contribution in [3.8, 4) is 22.4 Å². The minimum atomic E-state index is -0.989. The van der Waals surface area contributed by atoms with Crippen molar-refractivity contribution in [2.24, 2.45) is 0 Å². The van der Waals surface area contributed by atoms with Gasteiger partial charge in [-0.3, -0.25) is 0 Å². The summed E-state index contributed by atoms with van der Waals surface area (Å²) in [6.45, 7) is 2.03. The van der Waals surface area contributed by atoms with Crippen LogP contribution in [0.1, 0.15) is 18.2 Å². The molecule has 0 saturated heterocycles. The quantitative estimate of drug-likeness (QED) is 0.314. The first-order valence-electron chi connectivity index (χ1n) is 10.1. The monoisotopic (exact) mass is 435 g/mol. The van der Waals surface area contributed by atoms with Crippen LogP contribution in [-0.2, 0) is 22.4 Å². The van der Waals surface area contributed by atoms with Crippen LogP contribution >= 0.6 is 11.6 Å². The van der Waals surface area contributed by atoms with E-state index in [9.17, 15) is 4.79 Å². The van der Waals surface area contributed by atoms with Gasteiger partial charge in [-0.15, -0.1) is 0 Å². The normalized spacial score (nSPS) is 11.2. The molecular formula is C24H22ClN3O3. The number of carboxylic acid groups (broad SMARTS) is 1. The number of aryl methyl sites for hydroxylation is 1. The van der Waals surface area contributed by atoms with Crippen LogP contribution in [0.15, 0.2) is 60.8 Å². The van der Waals surface area contributed by atoms with Gasteiger partial charge in [-0.1, -0.05) is 48.9 Å². The van der Waals surface area contributed by atoms with Gasteiger partial charge in [-0.05, 0) is 48.2 Å². The van der Waals surface area contributed by atoms with Crippen molar-refractivity contribution in [3.05, 3.63) is 77.2 Å². The summed E-state index contributed by atoms with van der Waals surface area (Å²) >= 11 is 6.23. The minimum Gasteiger partial charge on any atom is -0.480 e. The Bertz CT molecular complexity index is 1220. The molecule has 0 aliphatic carbocycles. The fourth-order valence-electron chi connectivity index (χ4n) is 3.76. The molecule has 4 aromatic rings. The number of fused-ring (bicyclic) bond motifs is 1. The maximum Gasteiger partial charge on any atom is 0.329 e. The van der Waals surface area contributed by atoms with Crippen molar-refractivity contribution < 1.29 is 14.6 Å². The van der Waals surface area contributed by atoms with Gasteiger partial charge in [-0.2, -0.15) is 5.10 Å². The second-order valence-electron chi connectivity index (χ2n) is 7.11. The van der Waals surface area contributed by atoms with Crippen LogP contribution in [0.25, 0.3) is 27.9 Å². The molecular weight excluding hydrogens is 414 g/mol. The van der Waals surface area contributed by atoms with Crippen LogP contribution in [0.5, 0.6) is 0 Å². The Hall–Kier alpha value is -3.22. The second kappa shape index (κ2) is 9.29. The van der Waals surface area contributed by atoms with Crippen LogP contribution in [0.4, 0.5) is 0 Å². The first-order valence-corrected chi connectivity index (χ1v) is 10.5. The van der Waals surface area contributed by atoms with Gasteiger partial charge in [0.2, 0.25) is 0 Å². The Morgan fingerprint density at radius 2 is 1.94 bits per heavy atom. The molecule has 4 rings (SSSR count). The number of rotatable bonds is 8. The molecule has 0 unspecified atom stereocenters. The molecule has 31 heavy (non-hydrogen) atoms. The number of hydrogen-bond donors (Lipinski definition) is 1. The molecule has 0 saturated carbocycles. The lowest BCUT2D eigenvalue weighted by atomic mass is 9.94. The minimum absolute atomic E-state index is 0.261. The van der Waals surface area contributed by atoms with E-state index >= 15 is 0 Å². The lowest BCUT2D eigenvalue weighted by Gasteiger charge is -2.18. The van der Waals surface area contributed by atoms with E-state index in [-0.39, 0.29) is 13.2 Å². The third kappa shape index (κ3) is 4.45. The van der Waals surface area contributed by atoms with Gasteiger partial charge in [0.15, 0.2) is 0 Å². The first kappa shape index (κ1) is 21.0. The van der Waals surface area contributed by atoms with E-state index in [0.717, 1.165) is 45.6 Å².